The van der Waals surface area contributed by atoms with Crippen LogP contribution in [0.3, 0.4) is 0 Å². The fourth-order valence-electron chi connectivity index (χ4n) is 2.22. The molecule has 0 aliphatic rings. The Kier molecular flexibility index (Phi) is 13.6. The van der Waals surface area contributed by atoms with Gasteiger partial charge in [-0.15, -0.1) is 0 Å². The van der Waals surface area contributed by atoms with E-state index in [2.05, 4.69) is 26.5 Å². The first-order chi connectivity index (χ1) is 8.31. The van der Waals surface area contributed by atoms with Crippen LogP contribution in [0.2, 0.25) is 0 Å². The fraction of sp³-hybridized carbons (Fsp3) is 0.882. The zero-order valence-corrected chi connectivity index (χ0v) is 12.3. The predicted octanol–water partition coefficient (Wildman–Crippen LogP) is 6.31. The van der Waals surface area contributed by atoms with Gasteiger partial charge >= 0.3 is 0 Å². The topological polar surface area (TPSA) is 0 Å². The average molecular weight is 237 g/mol. The van der Waals surface area contributed by atoms with E-state index in [0.29, 0.717) is 5.92 Å². The first kappa shape index (κ1) is 16.7. The summed E-state index contributed by atoms with van der Waals surface area (Å²) in [4.78, 5) is 0. The lowest BCUT2D eigenvalue weighted by molar-refractivity contribution is 0.520. The summed E-state index contributed by atoms with van der Waals surface area (Å²) in [5, 5.41) is 0. The highest BCUT2D eigenvalue weighted by molar-refractivity contribution is 4.65. The molecule has 0 saturated heterocycles. The van der Waals surface area contributed by atoms with Crippen LogP contribution < -0.4 is 0 Å². The maximum atomic E-state index is 3.71. The van der Waals surface area contributed by atoms with E-state index in [1.54, 1.807) is 0 Å². The molecule has 101 valence electrons. The first-order valence-electron chi connectivity index (χ1n) is 7.83. The van der Waals surface area contributed by atoms with Crippen LogP contribution in [0.15, 0.2) is 6.58 Å². The molecule has 17 heavy (non-hydrogen) atoms. The van der Waals surface area contributed by atoms with Crippen molar-refractivity contribution in [2.75, 3.05) is 0 Å². The number of allylic oxidation sites excluding steroid dienone is 1. The Morgan fingerprint density at radius 2 is 1.18 bits per heavy atom. The highest BCUT2D eigenvalue weighted by Gasteiger charge is 1.96. The van der Waals surface area contributed by atoms with Gasteiger partial charge in [0.1, 0.15) is 0 Å². The van der Waals surface area contributed by atoms with Crippen molar-refractivity contribution >= 4 is 0 Å². The summed E-state index contributed by atoms with van der Waals surface area (Å²) in [6.07, 6.45) is 20.0. The molecule has 0 N–H and O–H groups in total. The van der Waals surface area contributed by atoms with Crippen LogP contribution in [-0.2, 0) is 0 Å². The van der Waals surface area contributed by atoms with Crippen LogP contribution in [0, 0.1) is 12.0 Å². The first-order valence-corrected chi connectivity index (χ1v) is 7.83. The highest BCUT2D eigenvalue weighted by Crippen LogP contribution is 2.13. The molecule has 0 spiro atoms. The summed E-state index contributed by atoms with van der Waals surface area (Å²) in [5.74, 6) is 0.591. The maximum absolute atomic E-state index is 3.71. The smallest absolute Gasteiger partial charge is 0.0194 e. The molecular formula is C17H33. The van der Waals surface area contributed by atoms with Gasteiger partial charge in [-0.05, 0) is 18.4 Å². The van der Waals surface area contributed by atoms with Gasteiger partial charge in [-0.25, -0.2) is 0 Å². The van der Waals surface area contributed by atoms with Crippen molar-refractivity contribution in [1.29, 1.82) is 0 Å². The summed E-state index contributed by atoms with van der Waals surface area (Å²) in [5.41, 5.74) is 0. The van der Waals surface area contributed by atoms with E-state index in [1.807, 2.05) is 0 Å². The minimum Gasteiger partial charge on any atom is -0.0953 e. The standard InChI is InChI=1S/C17H33/c1-4-6-7-8-9-10-11-12-13-14-15-16-17(3)5-2/h17H,2,4,6-16H2,1,3H3. The minimum atomic E-state index is 0.591. The van der Waals surface area contributed by atoms with E-state index in [4.69, 9.17) is 0 Å². The lowest BCUT2D eigenvalue weighted by Gasteiger charge is -2.05. The Labute approximate surface area is 110 Å². The largest absolute Gasteiger partial charge is 0.0953 e. The van der Waals surface area contributed by atoms with Crippen LogP contribution in [0.25, 0.3) is 0 Å². The summed E-state index contributed by atoms with van der Waals surface area (Å²) in [6.45, 7) is 8.20. The molecule has 0 aromatic heterocycles. The quantitative estimate of drug-likeness (QED) is 0.329. The molecule has 0 bridgehead atoms. The second-order valence-corrected chi connectivity index (χ2v) is 5.43. The molecule has 0 aliphatic carbocycles. The lowest BCUT2D eigenvalue weighted by atomic mass is 10.0. The third-order valence-electron chi connectivity index (χ3n) is 3.59. The molecule has 1 atom stereocenters. The van der Waals surface area contributed by atoms with E-state index in [1.165, 1.54) is 77.0 Å². The Morgan fingerprint density at radius 3 is 1.59 bits per heavy atom. The number of rotatable bonds is 13. The number of hydrogen-bond donors (Lipinski definition) is 0. The van der Waals surface area contributed by atoms with Gasteiger partial charge in [-0.3, -0.25) is 0 Å². The SMILES string of the molecule is C=[C]C(C)CCCCCCCCCCCCC. The van der Waals surface area contributed by atoms with Crippen molar-refractivity contribution < 1.29 is 0 Å². The lowest BCUT2D eigenvalue weighted by Crippen LogP contribution is -1.89. The van der Waals surface area contributed by atoms with Crippen molar-refractivity contribution in [2.24, 2.45) is 5.92 Å². The molecular weight excluding hydrogens is 204 g/mol. The number of unbranched alkanes of at least 4 members (excludes halogenated alkanes) is 10. The van der Waals surface area contributed by atoms with E-state index in [9.17, 15) is 0 Å². The number of hydrogen-bond acceptors (Lipinski definition) is 0. The molecule has 0 nitrogen and oxygen atoms in total. The molecule has 0 amide bonds. The predicted molar refractivity (Wildman–Crippen MR) is 79.1 cm³/mol. The Balaban J connectivity index is 2.96. The van der Waals surface area contributed by atoms with Crippen molar-refractivity contribution in [3.05, 3.63) is 12.7 Å². The van der Waals surface area contributed by atoms with Gasteiger partial charge in [-0.2, -0.15) is 0 Å². The average Bonchev–Trinajstić information content (AvgIpc) is 2.35. The summed E-state index contributed by atoms with van der Waals surface area (Å²) in [6, 6.07) is 0. The van der Waals surface area contributed by atoms with Crippen molar-refractivity contribution in [3.63, 3.8) is 0 Å². The van der Waals surface area contributed by atoms with Gasteiger partial charge in [0, 0.05) is 0 Å². The molecule has 0 saturated carbocycles. The minimum absolute atomic E-state index is 0.591. The summed E-state index contributed by atoms with van der Waals surface area (Å²) >= 11 is 0. The third kappa shape index (κ3) is 13.7. The van der Waals surface area contributed by atoms with Gasteiger partial charge < -0.3 is 0 Å². The molecule has 1 unspecified atom stereocenters. The van der Waals surface area contributed by atoms with Crippen LogP contribution in [0.1, 0.15) is 90.9 Å². The van der Waals surface area contributed by atoms with Gasteiger partial charge in [0.2, 0.25) is 0 Å². The zero-order chi connectivity index (χ0) is 12.8. The zero-order valence-electron chi connectivity index (χ0n) is 12.3. The monoisotopic (exact) mass is 237 g/mol. The molecule has 0 fully saturated rings. The van der Waals surface area contributed by atoms with E-state index < -0.39 is 0 Å². The molecule has 0 aromatic rings. The molecule has 0 aromatic carbocycles. The van der Waals surface area contributed by atoms with Crippen LogP contribution in [0.4, 0.5) is 0 Å². The normalized spacial score (nSPS) is 12.6. The highest BCUT2D eigenvalue weighted by atomic mass is 14.0. The second-order valence-electron chi connectivity index (χ2n) is 5.43. The van der Waals surface area contributed by atoms with Gasteiger partial charge in [0.25, 0.3) is 0 Å². The Bertz CT molecular complexity index is 148. The molecule has 0 aliphatic heterocycles. The van der Waals surface area contributed by atoms with Crippen LogP contribution in [-0.4, -0.2) is 0 Å². The van der Waals surface area contributed by atoms with Gasteiger partial charge in [-0.1, -0.05) is 91.1 Å². The van der Waals surface area contributed by atoms with Crippen molar-refractivity contribution in [3.8, 4) is 0 Å². The molecule has 0 heteroatoms. The Hall–Kier alpha value is -0.260. The van der Waals surface area contributed by atoms with Gasteiger partial charge in [0.05, 0.1) is 0 Å². The van der Waals surface area contributed by atoms with Crippen LogP contribution in [0.5, 0.6) is 0 Å². The van der Waals surface area contributed by atoms with Crippen molar-refractivity contribution in [2.45, 2.75) is 90.9 Å². The van der Waals surface area contributed by atoms with Crippen molar-refractivity contribution in [1.82, 2.24) is 0 Å². The second kappa shape index (κ2) is 13.8. The van der Waals surface area contributed by atoms with Crippen LogP contribution >= 0.6 is 0 Å². The summed E-state index contributed by atoms with van der Waals surface area (Å²) < 4.78 is 0. The van der Waals surface area contributed by atoms with E-state index in [0.717, 1.165) is 0 Å². The molecule has 0 heterocycles. The maximum Gasteiger partial charge on any atom is -0.0194 e. The Morgan fingerprint density at radius 1 is 0.765 bits per heavy atom. The molecule has 1 radical (unpaired) electrons. The summed E-state index contributed by atoms with van der Waals surface area (Å²) in [7, 11) is 0. The van der Waals surface area contributed by atoms with E-state index in [-0.39, 0.29) is 0 Å². The van der Waals surface area contributed by atoms with E-state index >= 15 is 0 Å². The third-order valence-corrected chi connectivity index (χ3v) is 3.59. The van der Waals surface area contributed by atoms with Gasteiger partial charge in [0.15, 0.2) is 0 Å². The fourth-order valence-corrected chi connectivity index (χ4v) is 2.22. The molecule has 0 rings (SSSR count).